The molecular formula is C68H83N13O10S2. The number of carbonyl (C=O) groups excluding carboxylic acids is 6. The third-order valence-electron chi connectivity index (χ3n) is 17.7. The molecule has 23 nitrogen and oxygen atoms in total. The summed E-state index contributed by atoms with van der Waals surface area (Å²) < 4.78 is 22.1. The van der Waals surface area contributed by atoms with Crippen molar-refractivity contribution in [3.8, 4) is 40.0 Å². The van der Waals surface area contributed by atoms with Crippen LogP contribution in [-0.2, 0) is 38.1 Å². The van der Waals surface area contributed by atoms with Crippen LogP contribution in [0, 0.1) is 23.2 Å². The first-order chi connectivity index (χ1) is 44.5. The molecule has 0 bridgehead atoms. The van der Waals surface area contributed by atoms with E-state index in [-0.39, 0.29) is 35.7 Å². The molecular weight excluding hydrogens is 1220 g/mol. The molecule has 0 spiro atoms. The summed E-state index contributed by atoms with van der Waals surface area (Å²) in [6, 6.07) is 22.3. The van der Waals surface area contributed by atoms with Crippen molar-refractivity contribution < 1.29 is 47.7 Å². The van der Waals surface area contributed by atoms with Gasteiger partial charge >= 0.3 is 12.2 Å². The van der Waals surface area contributed by atoms with Crippen molar-refractivity contribution >= 4 is 80.0 Å². The molecule has 3 N–H and O–H groups in total. The van der Waals surface area contributed by atoms with Crippen molar-refractivity contribution in [3.05, 3.63) is 99.1 Å². The average Bonchev–Trinajstić information content (AvgIpc) is 1.74. The van der Waals surface area contributed by atoms with Crippen molar-refractivity contribution in [2.24, 2.45) is 11.8 Å². The number of ether oxygens (including phenoxy) is 4. The molecule has 492 valence electrons. The quantitative estimate of drug-likeness (QED) is 0.0860. The molecule has 4 fully saturated rings. The summed E-state index contributed by atoms with van der Waals surface area (Å²) in [5.41, 5.74) is 3.65. The lowest BCUT2D eigenvalue weighted by Gasteiger charge is -2.36. The Morgan fingerprint density at radius 1 is 0.613 bits per heavy atom. The van der Waals surface area contributed by atoms with Gasteiger partial charge in [0.25, 0.3) is 0 Å². The van der Waals surface area contributed by atoms with Crippen LogP contribution in [-0.4, -0.2) is 175 Å². The summed E-state index contributed by atoms with van der Waals surface area (Å²) in [6.07, 6.45) is 4.62. The van der Waals surface area contributed by atoms with Crippen LogP contribution in [0.1, 0.15) is 134 Å². The number of tetrazole rings is 1. The standard InChI is InChI=1S/C34H42N8O5S.C34H41N5O5S/c1-20(41(5)33(45)47-34(2,3)4)30(43)36-28(21-14-17-46-18-15-21)32(44)42-16-8-11-27(42)31-35-26(19-48-31)24-12-13-25(29-37-39-40-38-29)23-10-7-6-9-22(23)24;1-21(38(5)33(42)44-34(2,3)4)30(40)37-29(22-14-17-43-18-15-22)32(41)39-16-8-11-28(39)31-36-27(20-45-31)26-13-12-23(19-35)24-9-6-7-10-25(24)26/h6-7,9-10,12-13,19-21,27-28H,8,11,14-18H2,1-5H3,(H,36,43)(H,37,38,39,40);6-7,9-10,12-13,20-22,28-29H,8,11,14-18H2,1-5H3,(H,37,40)/t20-,27-,28-;21-,28-,29-/m00/s1. The van der Waals surface area contributed by atoms with Gasteiger partial charge in [-0.25, -0.2) is 19.6 Å². The number of nitrogens with zero attached hydrogens (tertiary/aromatic N) is 10. The summed E-state index contributed by atoms with van der Waals surface area (Å²) in [4.78, 5) is 97.5. The number of aromatic nitrogens is 6. The number of fused-ring (bicyclic) bond motifs is 2. The lowest BCUT2D eigenvalue weighted by Crippen LogP contribution is -2.57. The number of H-pyrrole nitrogens is 1. The monoisotopic (exact) mass is 1310 g/mol. The van der Waals surface area contributed by atoms with Gasteiger partial charge in [0, 0.05) is 86.4 Å². The third kappa shape index (κ3) is 15.6. The normalized spacial score (nSPS) is 18.5. The van der Waals surface area contributed by atoms with E-state index in [0.717, 1.165) is 85.3 Å². The number of hydrogen-bond acceptors (Lipinski definition) is 18. The molecule has 93 heavy (non-hydrogen) atoms. The van der Waals surface area contributed by atoms with E-state index >= 15 is 0 Å². The van der Waals surface area contributed by atoms with Crippen LogP contribution < -0.4 is 10.6 Å². The number of carbonyl (C=O) groups is 6. The fourth-order valence-corrected chi connectivity index (χ4v) is 14.3. The Labute approximate surface area is 549 Å². The zero-order valence-corrected chi connectivity index (χ0v) is 56.1. The first-order valence-corrected chi connectivity index (χ1v) is 33.6. The van der Waals surface area contributed by atoms with Crippen molar-refractivity contribution in [1.82, 2.24) is 60.8 Å². The van der Waals surface area contributed by atoms with Crippen LogP contribution in [0.15, 0.2) is 83.6 Å². The largest absolute Gasteiger partial charge is 0.444 e. The Morgan fingerprint density at radius 2 is 1.02 bits per heavy atom. The van der Waals surface area contributed by atoms with Gasteiger partial charge < -0.3 is 39.4 Å². The molecule has 25 heteroatoms. The van der Waals surface area contributed by atoms with Gasteiger partial charge in [0.05, 0.1) is 35.1 Å². The molecule has 0 aliphatic carbocycles. The predicted octanol–water partition coefficient (Wildman–Crippen LogP) is 10.6. The average molecular weight is 1310 g/mol. The molecule has 6 atom stereocenters. The van der Waals surface area contributed by atoms with Crippen LogP contribution >= 0.6 is 22.7 Å². The maximum absolute atomic E-state index is 14.4. The number of likely N-dealkylation sites (tertiary alicyclic amines) is 2. The highest BCUT2D eigenvalue weighted by Crippen LogP contribution is 2.42. The van der Waals surface area contributed by atoms with E-state index in [1.807, 2.05) is 87.3 Å². The van der Waals surface area contributed by atoms with Crippen molar-refractivity contribution in [3.63, 3.8) is 0 Å². The predicted molar refractivity (Wildman–Crippen MR) is 353 cm³/mol. The fraction of sp³-hybridized carbons (Fsp3) is 0.500. The highest BCUT2D eigenvalue weighted by atomic mass is 32.1. The maximum atomic E-state index is 14.4. The Hall–Kier alpha value is -8.44. The summed E-state index contributed by atoms with van der Waals surface area (Å²) in [7, 11) is 3.05. The zero-order valence-electron chi connectivity index (χ0n) is 54.5. The molecule has 0 saturated carbocycles. The Balaban J connectivity index is 0.000000204. The van der Waals surface area contributed by atoms with E-state index in [9.17, 15) is 34.0 Å². The Bertz CT molecular complexity index is 3860. The topological polar surface area (TPSA) is 280 Å². The highest BCUT2D eigenvalue weighted by Gasteiger charge is 2.43. The van der Waals surface area contributed by atoms with E-state index < -0.39 is 59.4 Å². The molecule has 4 aromatic carbocycles. The van der Waals surface area contributed by atoms with E-state index in [1.165, 1.54) is 35.2 Å². The number of thiazole rings is 2. The maximum Gasteiger partial charge on any atom is 0.410 e. The number of nitriles is 1. The molecule has 0 unspecified atom stereocenters. The van der Waals surface area contributed by atoms with E-state index in [1.54, 1.807) is 66.7 Å². The molecule has 0 radical (unpaired) electrons. The van der Waals surface area contributed by atoms with Crippen LogP contribution in [0.2, 0.25) is 0 Å². The summed E-state index contributed by atoms with van der Waals surface area (Å²) in [5.74, 6) is -0.737. The Kier molecular flexibility index (Phi) is 21.2. The number of aromatic amines is 1. The number of amides is 6. The molecule has 11 rings (SSSR count). The van der Waals surface area contributed by atoms with Crippen LogP contribution in [0.3, 0.4) is 0 Å². The minimum Gasteiger partial charge on any atom is -0.444 e. The van der Waals surface area contributed by atoms with Gasteiger partial charge in [-0.15, -0.1) is 32.9 Å². The zero-order chi connectivity index (χ0) is 66.3. The molecule has 3 aromatic heterocycles. The minimum absolute atomic E-state index is 0.0904. The van der Waals surface area contributed by atoms with Gasteiger partial charge in [-0.3, -0.25) is 29.0 Å². The molecule has 4 saturated heterocycles. The second kappa shape index (κ2) is 29.2. The number of hydrogen-bond donors (Lipinski definition) is 3. The minimum atomic E-state index is -0.841. The molecule has 4 aliphatic heterocycles. The molecule has 7 aromatic rings. The fourth-order valence-electron chi connectivity index (χ4n) is 12.4. The van der Waals surface area contributed by atoms with Crippen molar-refractivity contribution in [2.75, 3.05) is 53.6 Å². The lowest BCUT2D eigenvalue weighted by atomic mass is 9.90. The third-order valence-corrected chi connectivity index (χ3v) is 19.6. The second-order valence-electron chi connectivity index (χ2n) is 26.2. The van der Waals surface area contributed by atoms with Crippen LogP contribution in [0.25, 0.3) is 55.4 Å². The van der Waals surface area contributed by atoms with Gasteiger partial charge in [-0.2, -0.15) is 10.5 Å². The van der Waals surface area contributed by atoms with E-state index in [0.29, 0.717) is 76.6 Å². The first kappa shape index (κ1) is 67.4. The van der Waals surface area contributed by atoms with Crippen molar-refractivity contribution in [2.45, 2.75) is 154 Å². The first-order valence-electron chi connectivity index (χ1n) is 31.9. The van der Waals surface area contributed by atoms with Gasteiger partial charge in [0.15, 0.2) is 0 Å². The van der Waals surface area contributed by atoms with E-state index in [2.05, 4.69) is 43.4 Å². The van der Waals surface area contributed by atoms with E-state index in [4.69, 9.17) is 28.9 Å². The van der Waals surface area contributed by atoms with Gasteiger partial charge in [0.2, 0.25) is 29.5 Å². The molecule has 6 amide bonds. The van der Waals surface area contributed by atoms with Gasteiger partial charge in [0.1, 0.15) is 45.4 Å². The number of rotatable bonds is 15. The Morgan fingerprint density at radius 3 is 1.44 bits per heavy atom. The number of likely N-dealkylation sites (N-methyl/N-ethyl adjacent to an activating group) is 2. The molecule has 4 aliphatic rings. The smallest absolute Gasteiger partial charge is 0.410 e. The number of benzene rings is 4. The summed E-state index contributed by atoms with van der Waals surface area (Å²) in [6.45, 7) is 17.1. The van der Waals surface area contributed by atoms with Gasteiger partial charge in [-0.05, 0) is 152 Å². The van der Waals surface area contributed by atoms with Gasteiger partial charge in [-0.1, -0.05) is 60.7 Å². The number of nitrogens with one attached hydrogen (secondary N) is 3. The highest BCUT2D eigenvalue weighted by molar-refractivity contribution is 7.10. The van der Waals surface area contributed by atoms with Crippen LogP contribution in [0.4, 0.5) is 9.59 Å². The summed E-state index contributed by atoms with van der Waals surface area (Å²) >= 11 is 3.06. The van der Waals surface area contributed by atoms with Crippen molar-refractivity contribution in [1.29, 1.82) is 5.26 Å². The summed E-state index contributed by atoms with van der Waals surface area (Å²) in [5, 5.41) is 39.8. The second-order valence-corrected chi connectivity index (χ2v) is 28.0. The molecule has 7 heterocycles. The SMILES string of the molecule is C[C@@H](C(=O)N[C@H](C(=O)N1CCC[C@H]1c1nc(-c2ccc(-c3nn[nH]n3)c3ccccc23)cs1)C1CCOCC1)N(C)C(=O)OC(C)(C)C.C[C@@H](C(=O)N[C@H](C(=O)N1CCC[C@H]1c1nc(-c2ccc(C#N)c3ccccc23)cs1)C1CCOCC1)N(C)C(=O)OC(C)(C)C. The van der Waals surface area contributed by atoms with Crippen LogP contribution in [0.5, 0.6) is 0 Å². The lowest BCUT2D eigenvalue weighted by molar-refractivity contribution is -0.141.